The van der Waals surface area contributed by atoms with Gasteiger partial charge in [0.15, 0.2) is 0 Å². The molecule has 0 bridgehead atoms. The first-order valence-corrected chi connectivity index (χ1v) is 13.3. The lowest BCUT2D eigenvalue weighted by molar-refractivity contribution is -0.138. The van der Waals surface area contributed by atoms with Gasteiger partial charge in [-0.1, -0.05) is 36.4 Å². The third kappa shape index (κ3) is 9.20. The van der Waals surface area contributed by atoms with E-state index < -0.39 is 35.2 Å². The Bertz CT molecular complexity index is 1090. The Morgan fingerprint density at radius 1 is 0.357 bits per heavy atom. The number of alkyl halides is 9. The van der Waals surface area contributed by atoms with Crippen LogP contribution >= 0.6 is 0 Å². The molecule has 42 heavy (non-hydrogen) atoms. The Morgan fingerprint density at radius 3 is 0.714 bits per heavy atom. The molecule has 0 N–H and O–H groups in total. The first-order chi connectivity index (χ1) is 19.7. The fourth-order valence-corrected chi connectivity index (χ4v) is 4.83. The Balaban J connectivity index is 1.48. The van der Waals surface area contributed by atoms with Gasteiger partial charge in [-0.3, -0.25) is 14.7 Å². The molecule has 12 heteroatoms. The van der Waals surface area contributed by atoms with Crippen LogP contribution in [0.5, 0.6) is 0 Å². The predicted octanol–water partition coefficient (Wildman–Crippen LogP) is 7.56. The Kier molecular flexibility index (Phi) is 9.89. The van der Waals surface area contributed by atoms with Crippen LogP contribution in [0.25, 0.3) is 0 Å². The van der Waals surface area contributed by atoms with Crippen LogP contribution in [-0.2, 0) is 38.2 Å². The molecule has 0 unspecified atom stereocenters. The molecular weight excluding hydrogens is 573 g/mol. The number of nitrogens with zero attached hydrogens (tertiary/aromatic N) is 3. The Hall–Kier alpha value is -3.09. The first kappa shape index (κ1) is 31.8. The van der Waals surface area contributed by atoms with Crippen LogP contribution in [0.2, 0.25) is 0 Å². The molecule has 1 fully saturated rings. The van der Waals surface area contributed by atoms with Crippen LogP contribution in [0.15, 0.2) is 72.8 Å². The van der Waals surface area contributed by atoms with Crippen molar-refractivity contribution in [3.8, 4) is 0 Å². The van der Waals surface area contributed by atoms with Gasteiger partial charge in [-0.05, 0) is 53.1 Å². The fraction of sp³-hybridized carbons (Fsp3) is 0.400. The molecule has 4 rings (SSSR count). The van der Waals surface area contributed by atoms with Crippen LogP contribution in [0.3, 0.4) is 0 Å². The highest BCUT2D eigenvalue weighted by Gasteiger charge is 2.31. The number of benzene rings is 3. The molecule has 1 heterocycles. The highest BCUT2D eigenvalue weighted by Crippen LogP contribution is 2.31. The maximum atomic E-state index is 13.0. The van der Waals surface area contributed by atoms with Gasteiger partial charge in [-0.25, -0.2) is 0 Å². The van der Waals surface area contributed by atoms with Gasteiger partial charge in [0, 0.05) is 58.9 Å². The molecule has 0 amide bonds. The molecule has 0 atom stereocenters. The summed E-state index contributed by atoms with van der Waals surface area (Å²) in [6.07, 6.45) is -13.3. The van der Waals surface area contributed by atoms with Crippen molar-refractivity contribution in [2.75, 3.05) is 39.3 Å². The summed E-state index contributed by atoms with van der Waals surface area (Å²) >= 11 is 0. The molecule has 0 radical (unpaired) electrons. The van der Waals surface area contributed by atoms with E-state index in [4.69, 9.17) is 0 Å². The normalized spacial score (nSPS) is 17.1. The van der Waals surface area contributed by atoms with E-state index in [1.54, 1.807) is 0 Å². The minimum atomic E-state index is -4.44. The lowest BCUT2D eigenvalue weighted by Crippen LogP contribution is -2.35. The second kappa shape index (κ2) is 13.0. The molecule has 1 aliphatic heterocycles. The van der Waals surface area contributed by atoms with Gasteiger partial charge in [0.25, 0.3) is 0 Å². The minimum Gasteiger partial charge on any atom is -0.297 e. The summed E-state index contributed by atoms with van der Waals surface area (Å²) in [7, 11) is 0. The van der Waals surface area contributed by atoms with Crippen LogP contribution in [0.4, 0.5) is 39.5 Å². The van der Waals surface area contributed by atoms with Gasteiger partial charge in [0.2, 0.25) is 0 Å². The van der Waals surface area contributed by atoms with E-state index in [-0.39, 0.29) is 0 Å². The average Bonchev–Trinajstić information content (AvgIpc) is 3.00. The third-order valence-electron chi connectivity index (χ3n) is 7.26. The summed E-state index contributed by atoms with van der Waals surface area (Å²) in [6.45, 7) is 4.56. The van der Waals surface area contributed by atoms with E-state index >= 15 is 0 Å². The Morgan fingerprint density at radius 2 is 0.548 bits per heavy atom. The average molecular weight is 604 g/mol. The zero-order chi connectivity index (χ0) is 30.5. The molecule has 0 saturated carbocycles. The molecule has 228 valence electrons. The van der Waals surface area contributed by atoms with Gasteiger partial charge < -0.3 is 0 Å². The zero-order valence-electron chi connectivity index (χ0n) is 22.5. The van der Waals surface area contributed by atoms with Crippen molar-refractivity contribution in [3.05, 3.63) is 106 Å². The minimum absolute atomic E-state index is 0.389. The number of hydrogen-bond acceptors (Lipinski definition) is 3. The van der Waals surface area contributed by atoms with Gasteiger partial charge in [0.1, 0.15) is 0 Å². The van der Waals surface area contributed by atoms with Crippen molar-refractivity contribution in [1.29, 1.82) is 0 Å². The summed E-state index contributed by atoms with van der Waals surface area (Å²) in [5, 5.41) is 0. The highest BCUT2D eigenvalue weighted by molar-refractivity contribution is 5.26. The molecular formula is C30H30F9N3. The molecule has 0 aromatic heterocycles. The van der Waals surface area contributed by atoms with Gasteiger partial charge >= 0.3 is 18.5 Å². The highest BCUT2D eigenvalue weighted by atomic mass is 19.4. The van der Waals surface area contributed by atoms with Crippen molar-refractivity contribution < 1.29 is 39.5 Å². The van der Waals surface area contributed by atoms with Crippen LogP contribution in [0.1, 0.15) is 33.4 Å². The summed E-state index contributed by atoms with van der Waals surface area (Å²) in [6, 6.07) is 14.9. The first-order valence-electron chi connectivity index (χ1n) is 13.3. The topological polar surface area (TPSA) is 9.72 Å². The second-order valence-corrected chi connectivity index (χ2v) is 10.4. The van der Waals surface area contributed by atoms with Crippen molar-refractivity contribution in [3.63, 3.8) is 0 Å². The summed E-state index contributed by atoms with van der Waals surface area (Å²) in [4.78, 5) is 6.27. The zero-order valence-corrected chi connectivity index (χ0v) is 22.5. The van der Waals surface area contributed by atoms with E-state index in [1.807, 2.05) is 0 Å². The van der Waals surface area contributed by atoms with Crippen molar-refractivity contribution in [2.24, 2.45) is 0 Å². The largest absolute Gasteiger partial charge is 0.416 e. The smallest absolute Gasteiger partial charge is 0.297 e. The molecule has 3 aromatic carbocycles. The van der Waals surface area contributed by atoms with Gasteiger partial charge in [-0.15, -0.1) is 0 Å². The second-order valence-electron chi connectivity index (χ2n) is 10.4. The van der Waals surface area contributed by atoms with E-state index in [0.29, 0.717) is 75.6 Å². The SMILES string of the molecule is FC(F)(F)c1ccc(CN2CCN(Cc3ccc(C(F)(F)F)cc3)CCN(Cc3ccc(C(F)(F)F)cc3)CC2)cc1. The molecule has 1 saturated heterocycles. The van der Waals surface area contributed by atoms with Crippen LogP contribution < -0.4 is 0 Å². The number of rotatable bonds is 6. The molecule has 3 aromatic rings. The van der Waals surface area contributed by atoms with Crippen molar-refractivity contribution >= 4 is 0 Å². The quantitative estimate of drug-likeness (QED) is 0.269. The molecule has 1 aliphatic rings. The van der Waals surface area contributed by atoms with Gasteiger partial charge in [-0.2, -0.15) is 39.5 Å². The fourth-order valence-electron chi connectivity index (χ4n) is 4.83. The lowest BCUT2D eigenvalue weighted by atomic mass is 10.1. The standard InChI is InChI=1S/C30H30F9N3/c31-28(32,33)25-7-1-22(2-8-25)19-40-13-15-41(20-23-3-9-26(10-4-23)29(34,35)36)17-18-42(16-14-40)21-24-5-11-27(12-6-24)30(37,38)39/h1-12H,13-21H2. The summed E-state index contributed by atoms with van der Waals surface area (Å²) in [5.41, 5.74) is -0.106. The van der Waals surface area contributed by atoms with Crippen LogP contribution in [0, 0.1) is 0 Å². The maximum Gasteiger partial charge on any atom is 0.416 e. The molecule has 0 aliphatic carbocycles. The van der Waals surface area contributed by atoms with E-state index in [9.17, 15) is 39.5 Å². The monoisotopic (exact) mass is 603 g/mol. The van der Waals surface area contributed by atoms with E-state index in [0.717, 1.165) is 36.4 Å². The van der Waals surface area contributed by atoms with Crippen molar-refractivity contribution in [1.82, 2.24) is 14.7 Å². The third-order valence-corrected chi connectivity index (χ3v) is 7.26. The molecule has 3 nitrogen and oxygen atoms in total. The Labute approximate surface area is 238 Å². The maximum absolute atomic E-state index is 13.0. The lowest BCUT2D eigenvalue weighted by Gasteiger charge is -2.26. The molecule has 0 spiro atoms. The van der Waals surface area contributed by atoms with E-state index in [1.165, 1.54) is 36.4 Å². The summed E-state index contributed by atoms with van der Waals surface area (Å²) in [5.74, 6) is 0. The van der Waals surface area contributed by atoms with E-state index in [2.05, 4.69) is 14.7 Å². The van der Waals surface area contributed by atoms with Crippen LogP contribution in [-0.4, -0.2) is 54.0 Å². The van der Waals surface area contributed by atoms with Crippen molar-refractivity contribution in [2.45, 2.75) is 38.2 Å². The summed E-state index contributed by atoms with van der Waals surface area (Å²) < 4.78 is 117. The number of halogens is 9. The van der Waals surface area contributed by atoms with Gasteiger partial charge in [0.05, 0.1) is 16.7 Å². The predicted molar refractivity (Wildman–Crippen MR) is 140 cm³/mol. The number of hydrogen-bond donors (Lipinski definition) is 0.